The molecule has 172 valence electrons. The van der Waals surface area contributed by atoms with E-state index < -0.39 is 17.8 Å². The van der Waals surface area contributed by atoms with Gasteiger partial charge in [-0.15, -0.1) is 0 Å². The van der Waals surface area contributed by atoms with Crippen LogP contribution in [0.15, 0.2) is 23.3 Å². The number of allylic oxidation sites excluding steroid dienone is 3. The Kier molecular flexibility index (Phi) is 7.58. The first-order valence-electron chi connectivity index (χ1n) is 12.5. The van der Waals surface area contributed by atoms with Crippen molar-refractivity contribution in [2.45, 2.75) is 117 Å². The molecule has 3 nitrogen and oxygen atoms in total. The summed E-state index contributed by atoms with van der Waals surface area (Å²) < 4.78 is 0. The zero-order chi connectivity index (χ0) is 22.1. The van der Waals surface area contributed by atoms with Crippen molar-refractivity contribution < 1.29 is 15.3 Å². The second-order valence-corrected chi connectivity index (χ2v) is 11.7. The van der Waals surface area contributed by atoms with Crippen LogP contribution in [0.5, 0.6) is 0 Å². The first-order chi connectivity index (χ1) is 14.0. The normalized spacial score (nSPS) is 39.8. The average molecular weight is 419 g/mol. The summed E-state index contributed by atoms with van der Waals surface area (Å²) in [6.45, 7) is 10.8. The predicted octanol–water partition coefficient (Wildman–Crippen LogP) is 5.78. The standard InChI is InChI=1S/C27H46O3/c1-18(8-6-14-26(3,4)30)22-12-13-23-21(9-7-15-27(22,23)5)11-10-20-16-24(28)19(2)25(29)17-20/h10-11,18-19,22-25,28-30H,6-9,12-17H2,1-5H3/t18-,19?,22?,23?,24+,25+,27?/m0/s1. The number of hydrogen-bond donors (Lipinski definition) is 3. The quantitative estimate of drug-likeness (QED) is 0.512. The molecule has 0 aliphatic heterocycles. The Bertz CT molecular complexity index is 629. The SMILES string of the molecule is CC1[C@H](O)CC(=CC=C2CCCC3(C)C2CCC3[C@@H](C)CCCC(C)(C)O)C[C@H]1O. The van der Waals surface area contributed by atoms with Crippen molar-refractivity contribution in [2.24, 2.45) is 29.1 Å². The van der Waals surface area contributed by atoms with Gasteiger partial charge in [0.2, 0.25) is 0 Å². The number of fused-ring (bicyclic) bond motifs is 1. The molecule has 0 amide bonds. The van der Waals surface area contributed by atoms with E-state index in [4.69, 9.17) is 0 Å². The number of aliphatic hydroxyl groups excluding tert-OH is 2. The lowest BCUT2D eigenvalue weighted by Gasteiger charge is -2.44. The van der Waals surface area contributed by atoms with E-state index in [1.165, 1.54) is 44.1 Å². The summed E-state index contributed by atoms with van der Waals surface area (Å²) >= 11 is 0. The first-order valence-corrected chi connectivity index (χ1v) is 12.5. The summed E-state index contributed by atoms with van der Waals surface area (Å²) in [6.07, 6.45) is 14.8. The van der Waals surface area contributed by atoms with Crippen LogP contribution in [0.2, 0.25) is 0 Å². The van der Waals surface area contributed by atoms with Crippen LogP contribution < -0.4 is 0 Å². The summed E-state index contributed by atoms with van der Waals surface area (Å²) in [4.78, 5) is 0. The molecule has 0 heterocycles. The van der Waals surface area contributed by atoms with Crippen molar-refractivity contribution in [3.8, 4) is 0 Å². The zero-order valence-corrected chi connectivity index (χ0v) is 20.0. The summed E-state index contributed by atoms with van der Waals surface area (Å²) in [5, 5.41) is 30.5. The minimum absolute atomic E-state index is 0.0266. The van der Waals surface area contributed by atoms with Crippen molar-refractivity contribution in [1.29, 1.82) is 0 Å². The van der Waals surface area contributed by atoms with Gasteiger partial charge in [0.1, 0.15) is 0 Å². The van der Waals surface area contributed by atoms with Gasteiger partial charge in [0.15, 0.2) is 0 Å². The highest BCUT2D eigenvalue weighted by Crippen LogP contribution is 2.60. The summed E-state index contributed by atoms with van der Waals surface area (Å²) in [6, 6.07) is 0. The molecule has 3 rings (SSSR count). The Labute approximate surface area is 184 Å². The van der Waals surface area contributed by atoms with E-state index in [0.717, 1.165) is 18.8 Å². The van der Waals surface area contributed by atoms with Crippen molar-refractivity contribution in [3.63, 3.8) is 0 Å². The molecule has 0 spiro atoms. The maximum atomic E-state index is 10.2. The maximum Gasteiger partial charge on any atom is 0.0627 e. The van der Waals surface area contributed by atoms with Crippen LogP contribution in [0.4, 0.5) is 0 Å². The third-order valence-corrected chi connectivity index (χ3v) is 8.86. The van der Waals surface area contributed by atoms with E-state index >= 15 is 0 Å². The fourth-order valence-electron chi connectivity index (χ4n) is 6.88. The first kappa shape index (κ1) is 24.0. The molecule has 0 radical (unpaired) electrons. The van der Waals surface area contributed by atoms with Gasteiger partial charge in [-0.05, 0) is 88.4 Å². The van der Waals surface area contributed by atoms with E-state index in [2.05, 4.69) is 26.0 Å². The lowest BCUT2D eigenvalue weighted by Crippen LogP contribution is -2.36. The van der Waals surface area contributed by atoms with Gasteiger partial charge in [-0.1, -0.05) is 56.9 Å². The summed E-state index contributed by atoms with van der Waals surface area (Å²) in [5.74, 6) is 2.15. The smallest absolute Gasteiger partial charge is 0.0627 e. The van der Waals surface area contributed by atoms with E-state index in [1.807, 2.05) is 20.8 Å². The summed E-state index contributed by atoms with van der Waals surface area (Å²) in [7, 11) is 0. The van der Waals surface area contributed by atoms with E-state index in [0.29, 0.717) is 30.1 Å². The Morgan fingerprint density at radius 1 is 1.13 bits per heavy atom. The van der Waals surface area contributed by atoms with E-state index in [9.17, 15) is 15.3 Å². The third-order valence-electron chi connectivity index (χ3n) is 8.86. The Balaban J connectivity index is 1.67. The molecular weight excluding hydrogens is 372 g/mol. The molecule has 3 aliphatic carbocycles. The van der Waals surface area contributed by atoms with Gasteiger partial charge in [-0.25, -0.2) is 0 Å². The van der Waals surface area contributed by atoms with Gasteiger partial charge in [-0.2, -0.15) is 0 Å². The number of rotatable bonds is 6. The van der Waals surface area contributed by atoms with Crippen LogP contribution in [-0.2, 0) is 0 Å². The van der Waals surface area contributed by atoms with Gasteiger partial charge in [0.25, 0.3) is 0 Å². The molecule has 3 fully saturated rings. The van der Waals surface area contributed by atoms with Crippen molar-refractivity contribution in [3.05, 3.63) is 23.3 Å². The number of hydrogen-bond acceptors (Lipinski definition) is 3. The minimum Gasteiger partial charge on any atom is -0.392 e. The zero-order valence-electron chi connectivity index (χ0n) is 20.0. The highest BCUT2D eigenvalue weighted by molar-refractivity contribution is 5.26. The molecule has 3 saturated carbocycles. The van der Waals surface area contributed by atoms with Crippen LogP contribution in [0.25, 0.3) is 0 Å². The second kappa shape index (κ2) is 9.46. The molecule has 30 heavy (non-hydrogen) atoms. The number of aliphatic hydroxyl groups is 3. The molecule has 0 aromatic heterocycles. The van der Waals surface area contributed by atoms with Gasteiger partial charge < -0.3 is 15.3 Å². The van der Waals surface area contributed by atoms with Crippen LogP contribution >= 0.6 is 0 Å². The molecule has 3 heteroatoms. The second-order valence-electron chi connectivity index (χ2n) is 11.7. The van der Waals surface area contributed by atoms with Crippen molar-refractivity contribution >= 4 is 0 Å². The Morgan fingerprint density at radius 3 is 2.43 bits per heavy atom. The minimum atomic E-state index is -0.547. The lowest BCUT2D eigenvalue weighted by molar-refractivity contribution is 0.00406. The van der Waals surface area contributed by atoms with Gasteiger partial charge in [-0.3, -0.25) is 0 Å². The van der Waals surface area contributed by atoms with Crippen LogP contribution in [0, 0.1) is 29.1 Å². The van der Waals surface area contributed by atoms with E-state index in [1.54, 1.807) is 5.57 Å². The van der Waals surface area contributed by atoms with Gasteiger partial charge >= 0.3 is 0 Å². The maximum absolute atomic E-state index is 10.2. The van der Waals surface area contributed by atoms with Crippen LogP contribution in [0.3, 0.4) is 0 Å². The van der Waals surface area contributed by atoms with Gasteiger partial charge in [0.05, 0.1) is 17.8 Å². The Hall–Kier alpha value is -0.640. The monoisotopic (exact) mass is 418 g/mol. The molecule has 0 aromatic rings. The fraction of sp³-hybridized carbons (Fsp3) is 0.852. The molecule has 3 N–H and O–H groups in total. The highest BCUT2D eigenvalue weighted by Gasteiger charge is 2.50. The van der Waals surface area contributed by atoms with Crippen molar-refractivity contribution in [2.75, 3.05) is 0 Å². The van der Waals surface area contributed by atoms with Crippen LogP contribution in [0.1, 0.15) is 98.8 Å². The molecule has 3 aliphatic rings. The lowest BCUT2D eigenvalue weighted by atomic mass is 9.60. The molecule has 0 aromatic carbocycles. The average Bonchev–Trinajstić information content (AvgIpc) is 3.00. The van der Waals surface area contributed by atoms with E-state index in [-0.39, 0.29) is 5.92 Å². The van der Waals surface area contributed by atoms with Crippen LogP contribution in [-0.4, -0.2) is 33.1 Å². The molecular formula is C27H46O3. The van der Waals surface area contributed by atoms with Crippen molar-refractivity contribution in [1.82, 2.24) is 0 Å². The Morgan fingerprint density at radius 2 is 1.80 bits per heavy atom. The third kappa shape index (κ3) is 5.40. The van der Waals surface area contributed by atoms with Gasteiger partial charge in [0, 0.05) is 5.92 Å². The largest absolute Gasteiger partial charge is 0.392 e. The topological polar surface area (TPSA) is 60.7 Å². The molecule has 0 bridgehead atoms. The molecule has 6 atom stereocenters. The fourth-order valence-corrected chi connectivity index (χ4v) is 6.88. The summed E-state index contributed by atoms with van der Waals surface area (Å²) in [5.41, 5.74) is 2.65. The molecule has 0 saturated heterocycles. The predicted molar refractivity (Wildman–Crippen MR) is 124 cm³/mol. The highest BCUT2D eigenvalue weighted by atomic mass is 16.3. The molecule has 3 unspecified atom stereocenters.